The zero-order chi connectivity index (χ0) is 5.28. The largest absolute Gasteiger partial charge is 0.357 e. The summed E-state index contributed by atoms with van der Waals surface area (Å²) in [5.74, 6) is 0. The average molecular weight is 136 g/mol. The van der Waals surface area contributed by atoms with Crippen molar-refractivity contribution in [2.24, 2.45) is 0 Å². The van der Waals surface area contributed by atoms with Crippen LogP contribution in [0.2, 0.25) is 0 Å². The Morgan fingerprint density at radius 3 is 2.71 bits per heavy atom. The summed E-state index contributed by atoms with van der Waals surface area (Å²) in [4.78, 5) is 3.71. The van der Waals surface area contributed by atoms with E-state index in [1.165, 1.54) is 0 Å². The van der Waals surface area contributed by atoms with Crippen molar-refractivity contribution in [1.82, 2.24) is 4.98 Å². The molecule has 0 fully saturated rings. The van der Waals surface area contributed by atoms with Gasteiger partial charge in [0.05, 0.1) is 6.20 Å². The Morgan fingerprint density at radius 1 is 1.86 bits per heavy atom. The van der Waals surface area contributed by atoms with Crippen molar-refractivity contribution in [3.8, 4) is 0 Å². The number of hydrogen-bond donors (Lipinski definition) is 1. The Kier molecular flexibility index (Phi) is 1.17. The minimum atomic E-state index is -0.398. The maximum atomic E-state index is 5.55. The van der Waals surface area contributed by atoms with Gasteiger partial charge >= 0.3 is 5.13 Å². The summed E-state index contributed by atoms with van der Waals surface area (Å²) in [6.45, 7) is 0. The number of thiazole rings is 1. The third kappa shape index (κ3) is 0.838. The Balaban J connectivity index is 3.12. The molecule has 7 heavy (non-hydrogen) atoms. The van der Waals surface area contributed by atoms with E-state index >= 15 is 0 Å². The van der Waals surface area contributed by atoms with Crippen molar-refractivity contribution in [2.45, 2.75) is 0 Å². The van der Waals surface area contributed by atoms with Gasteiger partial charge in [0.15, 0.2) is 5.38 Å². The number of rotatable bonds is 0. The second-order valence-electron chi connectivity index (χ2n) is 1.04. The Labute approximate surface area is 48.4 Å². The monoisotopic (exact) mass is 135 g/mol. The van der Waals surface area contributed by atoms with Crippen LogP contribution >= 0.6 is 20.4 Å². The highest BCUT2D eigenvalue weighted by atomic mass is 35.7. The molecule has 1 atom stereocenters. The highest BCUT2D eigenvalue weighted by molar-refractivity contribution is 7.63. The summed E-state index contributed by atoms with van der Waals surface area (Å²) in [6.07, 6.45) is 1.62. The van der Waals surface area contributed by atoms with Crippen LogP contribution in [0.5, 0.6) is 0 Å². The predicted molar refractivity (Wildman–Crippen MR) is 32.4 cm³/mol. The molecule has 0 amide bonds. The number of aromatic nitrogens is 1. The molecule has 1 rings (SSSR count). The molecule has 1 aromatic rings. The number of hydrogen-bond acceptors (Lipinski definition) is 2. The van der Waals surface area contributed by atoms with E-state index in [1.54, 1.807) is 11.6 Å². The lowest BCUT2D eigenvalue weighted by molar-refractivity contribution is 1.43. The fourth-order valence-electron chi connectivity index (χ4n) is 0.277. The van der Waals surface area contributed by atoms with Gasteiger partial charge in [-0.2, -0.15) is 4.98 Å². The summed E-state index contributed by atoms with van der Waals surface area (Å²) in [7, 11) is 5.15. The molecule has 1 unspecified atom stereocenters. The van der Waals surface area contributed by atoms with Crippen LogP contribution < -0.4 is 5.73 Å². The van der Waals surface area contributed by atoms with Gasteiger partial charge in [-0.25, -0.2) is 0 Å². The van der Waals surface area contributed by atoms with Gasteiger partial charge in [-0.1, -0.05) is 0 Å². The molecule has 0 aliphatic heterocycles. The van der Waals surface area contributed by atoms with E-state index < -0.39 is 9.68 Å². The molecule has 38 valence electrons. The van der Waals surface area contributed by atoms with Crippen molar-refractivity contribution in [2.75, 3.05) is 5.73 Å². The minimum Gasteiger partial charge on any atom is -0.338 e. The normalized spacial score (nSPS) is 11.9. The highest BCUT2D eigenvalue weighted by Crippen LogP contribution is 2.27. The predicted octanol–water partition coefficient (Wildman–Crippen LogP) is 1.41. The number of nitrogens with two attached hydrogens (primary N) is 1. The molecule has 0 aliphatic carbocycles. The zero-order valence-electron chi connectivity index (χ0n) is 3.47. The maximum absolute atomic E-state index is 5.55. The van der Waals surface area contributed by atoms with Gasteiger partial charge in [-0.3, -0.25) is 0 Å². The first-order valence-electron chi connectivity index (χ1n) is 1.70. The van der Waals surface area contributed by atoms with Crippen LogP contribution in [0.15, 0.2) is 11.6 Å². The molecule has 1 aromatic heterocycles. The van der Waals surface area contributed by atoms with Gasteiger partial charge in [0, 0.05) is 0 Å². The van der Waals surface area contributed by atoms with E-state index in [9.17, 15) is 0 Å². The van der Waals surface area contributed by atoms with Gasteiger partial charge in [-0.05, 0) is 0 Å². The van der Waals surface area contributed by atoms with E-state index in [-0.39, 0.29) is 0 Å². The molecular weight excluding hydrogens is 132 g/mol. The standard InChI is InChI=1S/C3H4ClN2S/c4-7-2-1-6-3(7)5/h1-2H,(H2,5,6)/q+1. The summed E-state index contributed by atoms with van der Waals surface area (Å²) in [5, 5.41) is 2.28. The van der Waals surface area contributed by atoms with Crippen LogP contribution in [0.4, 0.5) is 5.13 Å². The fraction of sp³-hybridized carbons (Fsp3) is 0. The van der Waals surface area contributed by atoms with Gasteiger partial charge in [-0.15, -0.1) is 0 Å². The number of nitrogen functional groups attached to an aromatic ring is 1. The van der Waals surface area contributed by atoms with Crippen LogP contribution in [-0.2, 0) is 0 Å². The quantitative estimate of drug-likeness (QED) is 0.547. The minimum absolute atomic E-state index is 0.398. The second kappa shape index (κ2) is 1.68. The molecule has 0 bridgehead atoms. The first kappa shape index (κ1) is 4.87. The summed E-state index contributed by atoms with van der Waals surface area (Å²) in [5.41, 5.74) is 5.25. The molecular formula is C3H4ClN2S+. The smallest absolute Gasteiger partial charge is 0.338 e. The summed E-state index contributed by atoms with van der Waals surface area (Å²) >= 11 is 0. The van der Waals surface area contributed by atoms with Crippen molar-refractivity contribution < 1.29 is 0 Å². The van der Waals surface area contributed by atoms with Crippen LogP contribution in [0, 0.1) is 0 Å². The van der Waals surface area contributed by atoms with E-state index in [0.717, 1.165) is 0 Å². The zero-order valence-corrected chi connectivity index (χ0v) is 5.04. The van der Waals surface area contributed by atoms with Crippen LogP contribution in [0.3, 0.4) is 0 Å². The van der Waals surface area contributed by atoms with Crippen LogP contribution in [0.1, 0.15) is 0 Å². The lowest BCUT2D eigenvalue weighted by Crippen LogP contribution is -1.79. The lowest BCUT2D eigenvalue weighted by atomic mass is 11.0. The van der Waals surface area contributed by atoms with Gasteiger partial charge in [0.1, 0.15) is 9.68 Å². The topological polar surface area (TPSA) is 38.9 Å². The van der Waals surface area contributed by atoms with Crippen molar-refractivity contribution in [1.29, 1.82) is 0 Å². The van der Waals surface area contributed by atoms with E-state index in [0.29, 0.717) is 5.13 Å². The molecule has 1 heterocycles. The van der Waals surface area contributed by atoms with E-state index in [1.807, 2.05) is 0 Å². The number of halogens is 1. The van der Waals surface area contributed by atoms with Crippen molar-refractivity contribution in [3.63, 3.8) is 0 Å². The Bertz CT molecular complexity index is 145. The van der Waals surface area contributed by atoms with Crippen molar-refractivity contribution in [3.05, 3.63) is 11.6 Å². The lowest BCUT2D eigenvalue weighted by Gasteiger charge is -1.64. The Hall–Kier alpha value is -0.280. The molecule has 0 aliphatic rings. The van der Waals surface area contributed by atoms with Gasteiger partial charge < -0.3 is 5.73 Å². The van der Waals surface area contributed by atoms with Crippen molar-refractivity contribution >= 4 is 25.5 Å². The number of nitrogens with zero attached hydrogens (tertiary/aromatic N) is 1. The van der Waals surface area contributed by atoms with Crippen LogP contribution in [-0.4, -0.2) is 4.98 Å². The van der Waals surface area contributed by atoms with Crippen LogP contribution in [0.25, 0.3) is 0 Å². The molecule has 0 saturated carbocycles. The third-order valence-electron chi connectivity index (χ3n) is 0.582. The highest BCUT2D eigenvalue weighted by Gasteiger charge is 2.05. The average Bonchev–Trinajstić information content (AvgIpc) is 1.91. The van der Waals surface area contributed by atoms with Gasteiger partial charge in [0.2, 0.25) is 10.7 Å². The molecule has 0 spiro atoms. The number of anilines is 1. The third-order valence-corrected chi connectivity index (χ3v) is 2.23. The van der Waals surface area contributed by atoms with E-state index in [2.05, 4.69) is 4.98 Å². The van der Waals surface area contributed by atoms with Gasteiger partial charge in [0.25, 0.3) is 0 Å². The molecule has 0 saturated heterocycles. The second-order valence-corrected chi connectivity index (χ2v) is 3.29. The Morgan fingerprint density at radius 2 is 2.57 bits per heavy atom. The van der Waals surface area contributed by atoms with E-state index in [4.69, 9.17) is 16.4 Å². The maximum Gasteiger partial charge on any atom is 0.357 e. The fourth-order valence-corrected chi connectivity index (χ4v) is 1.00. The summed E-state index contributed by atoms with van der Waals surface area (Å²) < 4.78 is 0. The molecule has 0 radical (unpaired) electrons. The molecule has 2 nitrogen and oxygen atoms in total. The molecule has 0 aromatic carbocycles. The summed E-state index contributed by atoms with van der Waals surface area (Å²) in [6, 6.07) is 0. The first-order valence-corrected chi connectivity index (χ1v) is 3.81. The molecule has 4 heteroatoms. The first-order chi connectivity index (χ1) is 3.30. The SMILES string of the molecule is Nc1ncc[s+]1Cl. The molecule has 2 N–H and O–H groups in total.